The standard InChI is InChI=1S/C36H32Cl2N2O4/c1-3-43-34-20-25(12-17-33(34)44-21-23-8-13-27(37)14-9-23)36-35-30(39-29-6-4-5-7-31(29)40(36)22(2)41)18-26(19-32(35)42)24-10-15-28(38)16-11-24/h4-17,20,26,36,39H,3,18-19,21H2,1-2H3/t26-,36-/m0/s1. The zero-order valence-corrected chi connectivity index (χ0v) is 26.0. The lowest BCUT2D eigenvalue weighted by Crippen LogP contribution is -2.37. The summed E-state index contributed by atoms with van der Waals surface area (Å²) < 4.78 is 12.2. The van der Waals surface area contributed by atoms with Crippen molar-refractivity contribution in [1.29, 1.82) is 0 Å². The van der Waals surface area contributed by atoms with Crippen LogP contribution in [0.3, 0.4) is 0 Å². The number of amides is 1. The quantitative estimate of drug-likeness (QED) is 0.222. The minimum absolute atomic E-state index is 0.0104. The van der Waals surface area contributed by atoms with Crippen molar-refractivity contribution in [1.82, 2.24) is 0 Å². The van der Waals surface area contributed by atoms with Crippen LogP contribution in [0.25, 0.3) is 0 Å². The molecule has 2 atom stereocenters. The van der Waals surface area contributed by atoms with E-state index in [1.807, 2.05) is 97.9 Å². The molecule has 4 aromatic rings. The lowest BCUT2D eigenvalue weighted by molar-refractivity contribution is -0.117. The Hall–Kier alpha value is -4.26. The Labute approximate surface area is 267 Å². The van der Waals surface area contributed by atoms with Crippen molar-refractivity contribution in [2.24, 2.45) is 0 Å². The molecular formula is C36H32Cl2N2O4. The summed E-state index contributed by atoms with van der Waals surface area (Å²) in [6, 6.07) is 27.8. The summed E-state index contributed by atoms with van der Waals surface area (Å²) in [5, 5.41) is 4.87. The van der Waals surface area contributed by atoms with Crippen LogP contribution in [0.5, 0.6) is 11.5 Å². The van der Waals surface area contributed by atoms with Crippen LogP contribution in [0.2, 0.25) is 10.0 Å². The van der Waals surface area contributed by atoms with Gasteiger partial charge in [-0.2, -0.15) is 0 Å². The maximum absolute atomic E-state index is 14.2. The number of anilines is 2. The van der Waals surface area contributed by atoms with Gasteiger partial charge in [-0.25, -0.2) is 0 Å². The second-order valence-corrected chi connectivity index (χ2v) is 11.8. The van der Waals surface area contributed by atoms with Gasteiger partial charge in [0.1, 0.15) is 6.61 Å². The van der Waals surface area contributed by atoms with Gasteiger partial charge < -0.3 is 14.8 Å². The van der Waals surface area contributed by atoms with Gasteiger partial charge in [-0.15, -0.1) is 0 Å². The molecule has 0 aromatic heterocycles. The summed E-state index contributed by atoms with van der Waals surface area (Å²) >= 11 is 12.2. The molecule has 6 nitrogen and oxygen atoms in total. The average molecular weight is 628 g/mol. The van der Waals surface area contributed by atoms with Crippen molar-refractivity contribution in [2.75, 3.05) is 16.8 Å². The molecule has 0 radical (unpaired) electrons. The molecule has 1 amide bonds. The predicted octanol–water partition coefficient (Wildman–Crippen LogP) is 8.89. The van der Waals surface area contributed by atoms with Gasteiger partial charge in [0.05, 0.1) is 24.0 Å². The molecule has 1 heterocycles. The molecule has 0 saturated carbocycles. The highest BCUT2D eigenvalue weighted by Gasteiger charge is 2.41. The Morgan fingerprint density at radius 3 is 2.25 bits per heavy atom. The van der Waals surface area contributed by atoms with Crippen LogP contribution in [0.4, 0.5) is 11.4 Å². The molecule has 0 saturated heterocycles. The smallest absolute Gasteiger partial charge is 0.224 e. The average Bonchev–Trinajstić information content (AvgIpc) is 3.16. The third-order valence-electron chi connectivity index (χ3n) is 8.06. The van der Waals surface area contributed by atoms with E-state index in [1.165, 1.54) is 6.92 Å². The fraction of sp³-hybridized carbons (Fsp3) is 0.222. The van der Waals surface area contributed by atoms with E-state index in [0.717, 1.165) is 28.1 Å². The van der Waals surface area contributed by atoms with Crippen LogP contribution in [0.1, 0.15) is 55.3 Å². The number of carbonyl (C=O) groups is 2. The van der Waals surface area contributed by atoms with Crippen molar-refractivity contribution in [3.8, 4) is 11.5 Å². The summed E-state index contributed by atoms with van der Waals surface area (Å²) in [6.45, 7) is 4.19. The summed E-state index contributed by atoms with van der Waals surface area (Å²) in [7, 11) is 0. The zero-order chi connectivity index (χ0) is 30.8. The molecule has 8 heteroatoms. The molecule has 0 bridgehead atoms. The number of rotatable bonds is 7. The van der Waals surface area contributed by atoms with E-state index >= 15 is 0 Å². The Morgan fingerprint density at radius 2 is 1.55 bits per heavy atom. The molecule has 2 aliphatic rings. The summed E-state index contributed by atoms with van der Waals surface area (Å²) in [5.74, 6) is 0.900. The second-order valence-electron chi connectivity index (χ2n) is 11.0. The minimum atomic E-state index is -0.665. The summed E-state index contributed by atoms with van der Waals surface area (Å²) in [5.41, 5.74) is 5.64. The number of carbonyl (C=O) groups excluding carboxylic acids is 2. The maximum atomic E-state index is 14.2. The SMILES string of the molecule is CCOc1cc([C@H]2C3=C(C[C@H](c4ccc(Cl)cc4)CC3=O)Nc3ccccc3N2C(C)=O)ccc1OCc1ccc(Cl)cc1. The number of hydrogen-bond donors (Lipinski definition) is 1. The third-order valence-corrected chi connectivity index (χ3v) is 8.56. The van der Waals surface area contributed by atoms with E-state index in [-0.39, 0.29) is 17.6 Å². The van der Waals surface area contributed by atoms with Gasteiger partial charge >= 0.3 is 0 Å². The van der Waals surface area contributed by atoms with Crippen molar-refractivity contribution < 1.29 is 19.1 Å². The Morgan fingerprint density at radius 1 is 0.864 bits per heavy atom. The molecule has 4 aromatic carbocycles. The van der Waals surface area contributed by atoms with Crippen LogP contribution in [0.15, 0.2) is 102 Å². The molecule has 44 heavy (non-hydrogen) atoms. The third kappa shape index (κ3) is 6.05. The molecular weight excluding hydrogens is 595 g/mol. The van der Waals surface area contributed by atoms with Crippen molar-refractivity contribution >= 4 is 46.3 Å². The maximum Gasteiger partial charge on any atom is 0.224 e. The molecule has 0 spiro atoms. The van der Waals surface area contributed by atoms with Crippen molar-refractivity contribution in [3.05, 3.63) is 129 Å². The van der Waals surface area contributed by atoms with Crippen LogP contribution in [-0.2, 0) is 16.2 Å². The van der Waals surface area contributed by atoms with E-state index < -0.39 is 6.04 Å². The number of halogens is 2. The van der Waals surface area contributed by atoms with Gasteiger partial charge in [0, 0.05) is 34.7 Å². The fourth-order valence-corrected chi connectivity index (χ4v) is 6.30. The Kier molecular flexibility index (Phi) is 8.65. The number of allylic oxidation sites excluding steroid dienone is 1. The number of ether oxygens (including phenoxy) is 2. The first-order valence-corrected chi connectivity index (χ1v) is 15.4. The number of benzene rings is 4. The second kappa shape index (κ2) is 12.8. The highest BCUT2D eigenvalue weighted by Crippen LogP contribution is 2.48. The van der Waals surface area contributed by atoms with Crippen LogP contribution in [-0.4, -0.2) is 18.3 Å². The topological polar surface area (TPSA) is 67.9 Å². The van der Waals surface area contributed by atoms with E-state index in [2.05, 4.69) is 5.32 Å². The summed E-state index contributed by atoms with van der Waals surface area (Å²) in [4.78, 5) is 29.3. The monoisotopic (exact) mass is 626 g/mol. The van der Waals surface area contributed by atoms with E-state index in [4.69, 9.17) is 32.7 Å². The molecule has 1 aliphatic carbocycles. The first kappa shape index (κ1) is 29.8. The number of nitrogens with zero attached hydrogens (tertiary/aromatic N) is 1. The van der Waals surface area contributed by atoms with E-state index in [9.17, 15) is 9.59 Å². The minimum Gasteiger partial charge on any atom is -0.490 e. The molecule has 0 fully saturated rings. The van der Waals surface area contributed by atoms with Gasteiger partial charge in [0.15, 0.2) is 17.3 Å². The number of hydrogen-bond acceptors (Lipinski definition) is 5. The molecule has 1 aliphatic heterocycles. The lowest BCUT2D eigenvalue weighted by Gasteiger charge is -2.35. The predicted molar refractivity (Wildman–Crippen MR) is 175 cm³/mol. The van der Waals surface area contributed by atoms with Gasteiger partial charge in [-0.1, -0.05) is 65.7 Å². The largest absolute Gasteiger partial charge is 0.490 e. The highest BCUT2D eigenvalue weighted by molar-refractivity contribution is 6.30. The molecule has 6 rings (SSSR count). The fourth-order valence-electron chi connectivity index (χ4n) is 6.05. The molecule has 1 N–H and O–H groups in total. The van der Waals surface area contributed by atoms with E-state index in [0.29, 0.717) is 58.9 Å². The zero-order valence-electron chi connectivity index (χ0n) is 24.5. The van der Waals surface area contributed by atoms with Gasteiger partial charge in [-0.3, -0.25) is 14.5 Å². The molecule has 224 valence electrons. The number of Topliss-reactive ketones (excluding diaryl/α,β-unsaturated/α-hetero) is 1. The number of para-hydroxylation sites is 2. The highest BCUT2D eigenvalue weighted by atomic mass is 35.5. The van der Waals surface area contributed by atoms with Gasteiger partial charge in [0.2, 0.25) is 5.91 Å². The van der Waals surface area contributed by atoms with Crippen LogP contribution < -0.4 is 19.7 Å². The Balaban J connectivity index is 1.44. The first-order valence-electron chi connectivity index (χ1n) is 14.6. The summed E-state index contributed by atoms with van der Waals surface area (Å²) in [6.07, 6.45) is 0.932. The van der Waals surface area contributed by atoms with Crippen LogP contribution in [0, 0.1) is 0 Å². The number of ketones is 1. The van der Waals surface area contributed by atoms with Crippen molar-refractivity contribution in [3.63, 3.8) is 0 Å². The first-order chi connectivity index (χ1) is 21.3. The van der Waals surface area contributed by atoms with E-state index in [1.54, 1.807) is 4.90 Å². The normalized spacial score (nSPS) is 17.7. The van der Waals surface area contributed by atoms with Gasteiger partial charge in [-0.05, 0) is 84.5 Å². The Bertz CT molecular complexity index is 1730. The number of nitrogens with one attached hydrogen (secondary N) is 1. The van der Waals surface area contributed by atoms with Gasteiger partial charge in [0.25, 0.3) is 0 Å². The lowest BCUT2D eigenvalue weighted by atomic mass is 9.78. The van der Waals surface area contributed by atoms with Crippen LogP contribution >= 0.6 is 23.2 Å². The van der Waals surface area contributed by atoms with Crippen molar-refractivity contribution in [2.45, 2.75) is 45.3 Å². The number of fused-ring (bicyclic) bond motifs is 1. The molecule has 0 unspecified atom stereocenters.